The molecule has 0 bridgehead atoms. The van der Waals surface area contributed by atoms with Crippen LogP contribution in [-0.4, -0.2) is 24.2 Å². The maximum absolute atomic E-state index is 10.9. The van der Waals surface area contributed by atoms with Crippen LogP contribution in [0.3, 0.4) is 0 Å². The summed E-state index contributed by atoms with van der Waals surface area (Å²) >= 11 is 0. The minimum absolute atomic E-state index is 0.0846. The fraction of sp³-hybridized carbons (Fsp3) is 0.519. The average molecular weight is 410 g/mol. The highest BCUT2D eigenvalue weighted by Gasteiger charge is 2.34. The molecule has 164 valence electrons. The van der Waals surface area contributed by atoms with Gasteiger partial charge in [0.25, 0.3) is 0 Å². The van der Waals surface area contributed by atoms with Gasteiger partial charge in [-0.3, -0.25) is 0 Å². The second kappa shape index (κ2) is 9.24. The van der Waals surface area contributed by atoms with Crippen LogP contribution in [0.25, 0.3) is 0 Å². The Bertz CT molecular complexity index is 875. The standard InChI is InChI=1S/C27H39NO2/c1-19(2)12-15-28(14-9-10-20(3)16-25(29)30)24-18-21(26(4,5)6)17-23-22(24)11-13-27(23,7)8/h9-10,12,16-18H,11,13-15H2,1-8H3,(H,29,30)/b10-9+,20-16+. The predicted octanol–water partition coefficient (Wildman–Crippen LogP) is 6.57. The van der Waals surface area contributed by atoms with Gasteiger partial charge in [0.05, 0.1) is 0 Å². The number of hydrogen-bond donors (Lipinski definition) is 1. The van der Waals surface area contributed by atoms with Crippen LogP contribution >= 0.6 is 0 Å². The molecule has 0 fully saturated rings. The summed E-state index contributed by atoms with van der Waals surface area (Å²) in [5, 5.41) is 8.95. The summed E-state index contributed by atoms with van der Waals surface area (Å²) in [5.74, 6) is -0.906. The van der Waals surface area contributed by atoms with Gasteiger partial charge < -0.3 is 10.0 Å². The molecule has 1 aliphatic rings. The first kappa shape index (κ1) is 24.0. The van der Waals surface area contributed by atoms with Crippen molar-refractivity contribution in [3.8, 4) is 0 Å². The molecule has 0 heterocycles. The van der Waals surface area contributed by atoms with E-state index in [4.69, 9.17) is 5.11 Å². The molecule has 0 saturated heterocycles. The Balaban J connectivity index is 2.52. The molecule has 1 aliphatic carbocycles. The number of benzene rings is 1. The van der Waals surface area contributed by atoms with Crippen LogP contribution in [0.2, 0.25) is 0 Å². The summed E-state index contributed by atoms with van der Waals surface area (Å²) in [6.45, 7) is 19.2. The SMILES string of the molecule is CC(C)=CCN(C/C=C/C(C)=C/C(=O)O)c1cc(C(C)(C)C)cc2c1CCC2(C)C. The molecule has 3 heteroatoms. The smallest absolute Gasteiger partial charge is 0.328 e. The Morgan fingerprint density at radius 2 is 1.83 bits per heavy atom. The quantitative estimate of drug-likeness (QED) is 0.315. The fourth-order valence-corrected chi connectivity index (χ4v) is 3.98. The monoisotopic (exact) mass is 409 g/mol. The lowest BCUT2D eigenvalue weighted by atomic mass is 9.80. The van der Waals surface area contributed by atoms with E-state index in [1.54, 1.807) is 0 Å². The summed E-state index contributed by atoms with van der Waals surface area (Å²) in [7, 11) is 0. The van der Waals surface area contributed by atoms with Gasteiger partial charge in [-0.05, 0) is 72.8 Å². The number of carboxylic acids is 1. The van der Waals surface area contributed by atoms with Gasteiger partial charge in [-0.2, -0.15) is 0 Å². The minimum Gasteiger partial charge on any atom is -0.478 e. The van der Waals surface area contributed by atoms with Crippen LogP contribution < -0.4 is 4.90 Å². The highest BCUT2D eigenvalue weighted by Crippen LogP contribution is 2.45. The van der Waals surface area contributed by atoms with Crippen molar-refractivity contribution in [3.63, 3.8) is 0 Å². The van der Waals surface area contributed by atoms with Gasteiger partial charge in [0, 0.05) is 24.9 Å². The Hall–Kier alpha value is -2.29. The Labute approximate surface area is 183 Å². The number of anilines is 1. The van der Waals surface area contributed by atoms with Crippen LogP contribution in [-0.2, 0) is 22.0 Å². The van der Waals surface area contributed by atoms with E-state index in [0.29, 0.717) is 0 Å². The van der Waals surface area contributed by atoms with Crippen molar-refractivity contribution in [3.05, 3.63) is 64.3 Å². The number of fused-ring (bicyclic) bond motifs is 1. The lowest BCUT2D eigenvalue weighted by Gasteiger charge is -2.30. The molecule has 0 amide bonds. The van der Waals surface area contributed by atoms with Crippen molar-refractivity contribution in [2.75, 3.05) is 18.0 Å². The highest BCUT2D eigenvalue weighted by molar-refractivity contribution is 5.81. The fourth-order valence-electron chi connectivity index (χ4n) is 3.98. The molecule has 3 nitrogen and oxygen atoms in total. The number of hydrogen-bond acceptors (Lipinski definition) is 2. The first-order chi connectivity index (χ1) is 13.8. The van der Waals surface area contributed by atoms with Crippen molar-refractivity contribution in [1.29, 1.82) is 0 Å². The zero-order chi connectivity index (χ0) is 22.7. The van der Waals surface area contributed by atoms with Crippen molar-refractivity contribution in [2.45, 2.75) is 79.1 Å². The molecule has 0 saturated carbocycles. The third kappa shape index (κ3) is 6.10. The Morgan fingerprint density at radius 3 is 2.40 bits per heavy atom. The van der Waals surface area contributed by atoms with Crippen LogP contribution in [0.1, 0.15) is 78.5 Å². The van der Waals surface area contributed by atoms with E-state index < -0.39 is 5.97 Å². The van der Waals surface area contributed by atoms with Gasteiger partial charge in [-0.15, -0.1) is 0 Å². The van der Waals surface area contributed by atoms with Crippen LogP contribution in [0.4, 0.5) is 5.69 Å². The molecule has 0 spiro atoms. The molecular weight excluding hydrogens is 370 g/mol. The van der Waals surface area contributed by atoms with Crippen LogP contribution in [0, 0.1) is 0 Å². The molecule has 1 N–H and O–H groups in total. The van der Waals surface area contributed by atoms with Crippen molar-refractivity contribution in [2.24, 2.45) is 0 Å². The maximum Gasteiger partial charge on any atom is 0.328 e. The van der Waals surface area contributed by atoms with E-state index in [1.807, 2.05) is 13.0 Å². The van der Waals surface area contributed by atoms with Gasteiger partial charge in [0.2, 0.25) is 0 Å². The molecule has 0 aromatic heterocycles. The van der Waals surface area contributed by atoms with Crippen LogP contribution in [0.5, 0.6) is 0 Å². The van der Waals surface area contributed by atoms with Gasteiger partial charge in [-0.1, -0.05) is 64.5 Å². The average Bonchev–Trinajstić information content (AvgIpc) is 2.91. The second-order valence-electron chi connectivity index (χ2n) is 10.5. The third-order valence-electron chi connectivity index (χ3n) is 5.94. The largest absolute Gasteiger partial charge is 0.478 e. The molecule has 1 aromatic carbocycles. The molecule has 0 unspecified atom stereocenters. The van der Waals surface area contributed by atoms with Gasteiger partial charge in [0.1, 0.15) is 0 Å². The lowest BCUT2D eigenvalue weighted by molar-refractivity contribution is -0.131. The van der Waals surface area contributed by atoms with E-state index >= 15 is 0 Å². The first-order valence-electron chi connectivity index (χ1n) is 11.0. The maximum atomic E-state index is 10.9. The molecule has 0 radical (unpaired) electrons. The predicted molar refractivity (Wildman–Crippen MR) is 129 cm³/mol. The minimum atomic E-state index is -0.906. The van der Waals surface area contributed by atoms with E-state index in [2.05, 4.69) is 77.7 Å². The second-order valence-corrected chi connectivity index (χ2v) is 10.5. The Kier molecular flexibility index (Phi) is 7.39. The van der Waals surface area contributed by atoms with Crippen molar-refractivity contribution < 1.29 is 9.90 Å². The number of nitrogens with zero attached hydrogens (tertiary/aromatic N) is 1. The van der Waals surface area contributed by atoms with Gasteiger partial charge in [-0.25, -0.2) is 4.79 Å². The van der Waals surface area contributed by atoms with E-state index in [-0.39, 0.29) is 10.8 Å². The number of allylic oxidation sites excluding steroid dienone is 3. The lowest BCUT2D eigenvalue weighted by Crippen LogP contribution is -2.26. The number of aliphatic carboxylic acids is 1. The molecule has 0 atom stereocenters. The van der Waals surface area contributed by atoms with E-state index in [1.165, 1.54) is 40.4 Å². The Morgan fingerprint density at radius 1 is 1.17 bits per heavy atom. The summed E-state index contributed by atoms with van der Waals surface area (Å²) in [4.78, 5) is 13.3. The first-order valence-corrected chi connectivity index (χ1v) is 11.0. The number of carboxylic acid groups (broad SMARTS) is 1. The molecule has 2 rings (SSSR count). The normalized spacial score (nSPS) is 15.9. The topological polar surface area (TPSA) is 40.5 Å². The zero-order valence-electron chi connectivity index (χ0n) is 20.1. The highest BCUT2D eigenvalue weighted by atomic mass is 16.4. The molecule has 0 aliphatic heterocycles. The molecule has 1 aromatic rings. The van der Waals surface area contributed by atoms with Crippen molar-refractivity contribution in [1.82, 2.24) is 0 Å². The summed E-state index contributed by atoms with van der Waals surface area (Å²) in [6, 6.07) is 4.81. The third-order valence-corrected chi connectivity index (χ3v) is 5.94. The summed E-state index contributed by atoms with van der Waals surface area (Å²) < 4.78 is 0. The van der Waals surface area contributed by atoms with Gasteiger partial charge >= 0.3 is 5.97 Å². The van der Waals surface area contributed by atoms with E-state index in [9.17, 15) is 4.79 Å². The molecule has 30 heavy (non-hydrogen) atoms. The molecular formula is C27H39NO2. The number of rotatable bonds is 7. The van der Waals surface area contributed by atoms with Gasteiger partial charge in [0.15, 0.2) is 0 Å². The summed E-state index contributed by atoms with van der Waals surface area (Å²) in [5.41, 5.74) is 7.99. The van der Waals surface area contributed by atoms with E-state index in [0.717, 1.165) is 25.1 Å². The zero-order valence-corrected chi connectivity index (χ0v) is 20.1. The summed E-state index contributed by atoms with van der Waals surface area (Å²) in [6.07, 6.45) is 9.78. The van der Waals surface area contributed by atoms with Crippen molar-refractivity contribution >= 4 is 11.7 Å². The number of carbonyl (C=O) groups is 1. The van der Waals surface area contributed by atoms with Crippen LogP contribution in [0.15, 0.2) is 47.6 Å².